The number of rotatable bonds is 8. The highest BCUT2D eigenvalue weighted by atomic mass is 19.1. The van der Waals surface area contributed by atoms with Gasteiger partial charge in [-0.25, -0.2) is 27.3 Å². The standard InChI is InChI=1S/C33H30F4N6O6/c1-3-29(45)49-28-17-43(27-6-4-19(34)12-23(27)35)31-22(30(28)46)14-25(37)32(39-31)41-10-8-40(9-11-41)26-7-5-20(13-24(26)36)42-16-21(48-33(42)47)15-38-18(2)44/h4-7,12-14,17,21H,3,8-11,15-16H2,1-2H3,(H,38,44). The van der Waals surface area contributed by atoms with Crippen LogP contribution in [0.25, 0.3) is 16.7 Å². The van der Waals surface area contributed by atoms with Crippen molar-refractivity contribution in [3.63, 3.8) is 0 Å². The third-order valence-corrected chi connectivity index (χ3v) is 8.18. The molecule has 1 N–H and O–H groups in total. The molecule has 2 aliphatic rings. The Morgan fingerprint density at radius 3 is 2.31 bits per heavy atom. The van der Waals surface area contributed by atoms with Gasteiger partial charge < -0.3 is 24.6 Å². The number of carbonyl (C=O) groups is 3. The molecule has 0 aliphatic carbocycles. The summed E-state index contributed by atoms with van der Waals surface area (Å²) < 4.78 is 71.2. The molecule has 256 valence electrons. The van der Waals surface area contributed by atoms with Crippen LogP contribution >= 0.6 is 0 Å². The van der Waals surface area contributed by atoms with E-state index in [4.69, 9.17) is 9.47 Å². The molecule has 2 aromatic heterocycles. The fraction of sp³-hybridized carbons (Fsp3) is 0.303. The molecule has 1 atom stereocenters. The molecule has 2 amide bonds. The van der Waals surface area contributed by atoms with Crippen molar-refractivity contribution in [1.82, 2.24) is 14.9 Å². The predicted octanol–water partition coefficient (Wildman–Crippen LogP) is 4.05. The van der Waals surface area contributed by atoms with E-state index in [0.29, 0.717) is 6.07 Å². The molecule has 6 rings (SSSR count). The molecule has 49 heavy (non-hydrogen) atoms. The maximum absolute atomic E-state index is 15.6. The van der Waals surface area contributed by atoms with Crippen LogP contribution in [-0.2, 0) is 14.3 Å². The average molecular weight is 683 g/mol. The molecule has 2 fully saturated rings. The van der Waals surface area contributed by atoms with Gasteiger partial charge in [0.25, 0.3) is 0 Å². The highest BCUT2D eigenvalue weighted by molar-refractivity contribution is 5.90. The average Bonchev–Trinajstić information content (AvgIpc) is 3.45. The van der Waals surface area contributed by atoms with E-state index in [9.17, 15) is 28.0 Å². The summed E-state index contributed by atoms with van der Waals surface area (Å²) in [6.45, 7) is 3.97. The van der Waals surface area contributed by atoms with Crippen molar-refractivity contribution in [2.45, 2.75) is 26.4 Å². The number of cyclic esters (lactones) is 1. The van der Waals surface area contributed by atoms with E-state index in [1.165, 1.54) is 30.9 Å². The smallest absolute Gasteiger partial charge is 0.414 e. The van der Waals surface area contributed by atoms with Crippen LogP contribution in [0.15, 0.2) is 53.5 Å². The van der Waals surface area contributed by atoms with Crippen molar-refractivity contribution < 1.29 is 41.4 Å². The molecular weight excluding hydrogens is 652 g/mol. The quantitative estimate of drug-likeness (QED) is 0.217. The normalized spacial score (nSPS) is 16.2. The number of fused-ring (bicyclic) bond motifs is 1. The van der Waals surface area contributed by atoms with Crippen LogP contribution in [0.2, 0.25) is 0 Å². The van der Waals surface area contributed by atoms with E-state index < -0.39 is 52.6 Å². The van der Waals surface area contributed by atoms with Crippen LogP contribution in [-0.4, -0.2) is 72.9 Å². The molecular formula is C33H30F4N6O6. The molecule has 4 heterocycles. The highest BCUT2D eigenvalue weighted by Crippen LogP contribution is 2.31. The summed E-state index contributed by atoms with van der Waals surface area (Å²) in [7, 11) is 0. The number of aromatic nitrogens is 2. The minimum atomic E-state index is -1.00. The molecule has 12 nitrogen and oxygen atoms in total. The summed E-state index contributed by atoms with van der Waals surface area (Å²) in [5, 5.41) is 2.29. The van der Waals surface area contributed by atoms with Gasteiger partial charge in [-0.1, -0.05) is 6.92 Å². The zero-order chi connectivity index (χ0) is 35.0. The molecule has 16 heteroatoms. The number of hydrogen-bond acceptors (Lipinski definition) is 9. The Morgan fingerprint density at radius 1 is 0.939 bits per heavy atom. The zero-order valence-corrected chi connectivity index (χ0v) is 26.3. The number of nitrogens with one attached hydrogen (secondary N) is 1. The number of nitrogens with zero attached hydrogens (tertiary/aromatic N) is 5. The Kier molecular flexibility index (Phi) is 9.12. The zero-order valence-electron chi connectivity index (χ0n) is 26.3. The number of benzene rings is 2. The molecule has 0 radical (unpaired) electrons. The van der Waals surface area contributed by atoms with E-state index in [1.54, 1.807) is 15.9 Å². The van der Waals surface area contributed by atoms with Crippen LogP contribution in [0.5, 0.6) is 5.75 Å². The first-order valence-electron chi connectivity index (χ1n) is 15.4. The van der Waals surface area contributed by atoms with Crippen molar-refractivity contribution in [3.05, 3.63) is 82.2 Å². The number of esters is 1. The van der Waals surface area contributed by atoms with Crippen LogP contribution < -0.4 is 30.2 Å². The van der Waals surface area contributed by atoms with Gasteiger partial charge in [0.2, 0.25) is 11.3 Å². The number of hydrogen-bond donors (Lipinski definition) is 1. The van der Waals surface area contributed by atoms with Crippen LogP contribution in [0.3, 0.4) is 0 Å². The molecule has 0 saturated carbocycles. The van der Waals surface area contributed by atoms with Crippen molar-refractivity contribution in [2.24, 2.45) is 0 Å². The largest absolute Gasteiger partial charge is 0.442 e. The second-order valence-corrected chi connectivity index (χ2v) is 11.4. The Labute approximate surface area is 276 Å². The number of amides is 2. The number of piperazine rings is 1. The Morgan fingerprint density at radius 2 is 1.63 bits per heavy atom. The van der Waals surface area contributed by atoms with Crippen molar-refractivity contribution >= 4 is 46.2 Å². The third-order valence-electron chi connectivity index (χ3n) is 8.18. The first-order valence-corrected chi connectivity index (χ1v) is 15.4. The van der Waals surface area contributed by atoms with E-state index in [2.05, 4.69) is 10.3 Å². The number of ether oxygens (including phenoxy) is 2. The molecule has 4 aromatic rings. The minimum absolute atomic E-state index is 0.0669. The summed E-state index contributed by atoms with van der Waals surface area (Å²) in [5.41, 5.74) is -0.685. The van der Waals surface area contributed by atoms with Gasteiger partial charge in [-0.3, -0.25) is 23.9 Å². The Bertz CT molecular complexity index is 2030. The summed E-state index contributed by atoms with van der Waals surface area (Å²) in [6.07, 6.45) is -0.255. The van der Waals surface area contributed by atoms with E-state index in [0.717, 1.165) is 29.0 Å². The van der Waals surface area contributed by atoms with Crippen LogP contribution in [0, 0.1) is 23.3 Å². The van der Waals surface area contributed by atoms with Crippen molar-refractivity contribution in [1.29, 1.82) is 0 Å². The molecule has 2 aliphatic heterocycles. The first kappa shape index (κ1) is 33.2. The maximum atomic E-state index is 15.6. The Hall–Kier alpha value is -5.67. The topological polar surface area (TPSA) is 126 Å². The van der Waals surface area contributed by atoms with Gasteiger partial charge in [-0.2, -0.15) is 0 Å². The fourth-order valence-electron chi connectivity index (χ4n) is 5.72. The van der Waals surface area contributed by atoms with Gasteiger partial charge in [0.15, 0.2) is 23.0 Å². The highest BCUT2D eigenvalue weighted by Gasteiger charge is 2.33. The van der Waals surface area contributed by atoms with Gasteiger partial charge in [-0.05, 0) is 36.4 Å². The second-order valence-electron chi connectivity index (χ2n) is 11.4. The summed E-state index contributed by atoms with van der Waals surface area (Å²) >= 11 is 0. The molecule has 2 aromatic carbocycles. The van der Waals surface area contributed by atoms with Crippen LogP contribution in [0.1, 0.15) is 20.3 Å². The summed E-state index contributed by atoms with van der Waals surface area (Å²) in [4.78, 5) is 57.8. The number of pyridine rings is 2. The minimum Gasteiger partial charge on any atom is -0.442 e. The number of carbonyl (C=O) groups excluding carboxylic acids is 3. The Balaban J connectivity index is 1.24. The number of halogens is 4. The van der Waals surface area contributed by atoms with E-state index in [-0.39, 0.29) is 85.5 Å². The lowest BCUT2D eigenvalue weighted by Gasteiger charge is -2.37. The monoisotopic (exact) mass is 682 g/mol. The van der Waals surface area contributed by atoms with Crippen molar-refractivity contribution in [3.8, 4) is 11.4 Å². The summed E-state index contributed by atoms with van der Waals surface area (Å²) in [5.74, 6) is -4.96. The van der Waals surface area contributed by atoms with Gasteiger partial charge >= 0.3 is 12.1 Å². The summed E-state index contributed by atoms with van der Waals surface area (Å²) in [6, 6.07) is 8.00. The van der Waals surface area contributed by atoms with Gasteiger partial charge in [0, 0.05) is 45.6 Å². The SMILES string of the molecule is CCC(=O)Oc1cn(-c2ccc(F)cc2F)c2nc(N3CCN(c4ccc(N5CC(CNC(C)=O)OC5=O)cc4F)CC3)c(F)cc2c1=O. The van der Waals surface area contributed by atoms with Crippen molar-refractivity contribution in [2.75, 3.05) is 54.0 Å². The molecule has 0 bridgehead atoms. The van der Waals surface area contributed by atoms with Gasteiger partial charge in [0.1, 0.15) is 23.6 Å². The maximum Gasteiger partial charge on any atom is 0.414 e. The lowest BCUT2D eigenvalue weighted by Crippen LogP contribution is -2.47. The second kappa shape index (κ2) is 13.4. The molecule has 0 spiro atoms. The van der Waals surface area contributed by atoms with E-state index >= 15 is 8.78 Å². The number of anilines is 3. The van der Waals surface area contributed by atoms with Crippen LogP contribution in [0.4, 0.5) is 39.5 Å². The van der Waals surface area contributed by atoms with E-state index in [1.807, 2.05) is 0 Å². The van der Waals surface area contributed by atoms with Gasteiger partial charge in [-0.15, -0.1) is 0 Å². The molecule has 1 unspecified atom stereocenters. The van der Waals surface area contributed by atoms with Gasteiger partial charge in [0.05, 0.1) is 41.7 Å². The fourth-order valence-corrected chi connectivity index (χ4v) is 5.72. The lowest BCUT2D eigenvalue weighted by atomic mass is 10.2. The predicted molar refractivity (Wildman–Crippen MR) is 170 cm³/mol. The third kappa shape index (κ3) is 6.71. The first-order chi connectivity index (χ1) is 23.4. The molecule has 2 saturated heterocycles. The lowest BCUT2D eigenvalue weighted by molar-refractivity contribution is -0.134.